The topological polar surface area (TPSA) is 12.9 Å². The Balaban J connectivity index is 1.54. The lowest BCUT2D eigenvalue weighted by atomic mass is 9.78. The SMILES string of the molecule is CCCCCCc1ccc(-c2ccc(C3CCC(CCC)CC3)nc2)cc1. The molecule has 27 heavy (non-hydrogen) atoms. The van der Waals surface area contributed by atoms with E-state index in [0.717, 1.165) is 5.92 Å². The number of aryl methyl sites for hydroxylation is 1. The second kappa shape index (κ2) is 10.6. The molecule has 1 nitrogen and oxygen atoms in total. The normalized spacial score (nSPS) is 19.9. The van der Waals surface area contributed by atoms with Crippen LogP contribution >= 0.6 is 0 Å². The molecule has 0 atom stereocenters. The smallest absolute Gasteiger partial charge is 0.0434 e. The standard InChI is InChI=1S/C26H37N/c1-3-5-6-7-9-22-10-14-23(15-11-22)25-18-19-26(27-20-25)24-16-12-21(8-4-2)13-17-24/h10-11,14-15,18-21,24H,3-9,12-13,16-17H2,1-2H3. The summed E-state index contributed by atoms with van der Waals surface area (Å²) >= 11 is 0. The molecule has 1 heterocycles. The van der Waals surface area contributed by atoms with Crippen LogP contribution in [0.25, 0.3) is 11.1 Å². The van der Waals surface area contributed by atoms with Crippen LogP contribution in [-0.4, -0.2) is 4.98 Å². The summed E-state index contributed by atoms with van der Waals surface area (Å²) < 4.78 is 0. The molecule has 0 bridgehead atoms. The van der Waals surface area contributed by atoms with Gasteiger partial charge in [0.25, 0.3) is 0 Å². The highest BCUT2D eigenvalue weighted by molar-refractivity contribution is 5.62. The van der Waals surface area contributed by atoms with Crippen LogP contribution in [0.1, 0.15) is 95.2 Å². The average Bonchev–Trinajstić information content (AvgIpc) is 2.73. The lowest BCUT2D eigenvalue weighted by Crippen LogP contribution is -2.14. The fourth-order valence-corrected chi connectivity index (χ4v) is 4.59. The number of nitrogens with zero attached hydrogens (tertiary/aromatic N) is 1. The fraction of sp³-hybridized carbons (Fsp3) is 0.577. The predicted molar refractivity (Wildman–Crippen MR) is 117 cm³/mol. The van der Waals surface area contributed by atoms with Crippen LogP contribution in [0.3, 0.4) is 0 Å². The molecule has 0 amide bonds. The Hall–Kier alpha value is -1.63. The van der Waals surface area contributed by atoms with E-state index in [1.165, 1.54) is 93.0 Å². The summed E-state index contributed by atoms with van der Waals surface area (Å²) in [6, 6.07) is 13.7. The summed E-state index contributed by atoms with van der Waals surface area (Å²) in [5.74, 6) is 1.64. The van der Waals surface area contributed by atoms with Crippen molar-refractivity contribution < 1.29 is 0 Å². The first-order valence-corrected chi connectivity index (χ1v) is 11.4. The van der Waals surface area contributed by atoms with Crippen molar-refractivity contribution >= 4 is 0 Å². The number of benzene rings is 1. The molecule has 2 aromatic rings. The van der Waals surface area contributed by atoms with Gasteiger partial charge >= 0.3 is 0 Å². The number of hydrogen-bond donors (Lipinski definition) is 0. The van der Waals surface area contributed by atoms with Crippen molar-refractivity contribution in [3.63, 3.8) is 0 Å². The first kappa shape index (κ1) is 20.1. The van der Waals surface area contributed by atoms with Gasteiger partial charge in [0.05, 0.1) is 0 Å². The fourth-order valence-electron chi connectivity index (χ4n) is 4.59. The van der Waals surface area contributed by atoms with E-state index in [1.54, 1.807) is 0 Å². The second-order valence-electron chi connectivity index (χ2n) is 8.49. The van der Waals surface area contributed by atoms with Crippen LogP contribution in [0.2, 0.25) is 0 Å². The minimum absolute atomic E-state index is 0.678. The van der Waals surface area contributed by atoms with E-state index in [4.69, 9.17) is 4.98 Å². The van der Waals surface area contributed by atoms with Crippen LogP contribution in [0.5, 0.6) is 0 Å². The Bertz CT molecular complexity index is 648. The summed E-state index contributed by atoms with van der Waals surface area (Å²) in [4.78, 5) is 4.84. The van der Waals surface area contributed by atoms with Crippen molar-refractivity contribution in [2.45, 2.75) is 90.4 Å². The maximum absolute atomic E-state index is 4.84. The van der Waals surface area contributed by atoms with Crippen LogP contribution in [0, 0.1) is 5.92 Å². The van der Waals surface area contributed by atoms with Gasteiger partial charge in [-0.15, -0.1) is 0 Å². The first-order chi connectivity index (χ1) is 13.3. The van der Waals surface area contributed by atoms with Crippen molar-refractivity contribution in [1.29, 1.82) is 0 Å². The van der Waals surface area contributed by atoms with Gasteiger partial charge in [0, 0.05) is 23.4 Å². The van der Waals surface area contributed by atoms with Gasteiger partial charge in [-0.05, 0) is 61.6 Å². The van der Waals surface area contributed by atoms with Gasteiger partial charge in [-0.2, -0.15) is 0 Å². The van der Waals surface area contributed by atoms with Crippen molar-refractivity contribution in [1.82, 2.24) is 4.98 Å². The zero-order valence-electron chi connectivity index (χ0n) is 17.4. The largest absolute Gasteiger partial charge is 0.260 e. The third-order valence-corrected chi connectivity index (χ3v) is 6.35. The highest BCUT2D eigenvalue weighted by Gasteiger charge is 2.22. The van der Waals surface area contributed by atoms with Gasteiger partial charge in [-0.1, -0.05) is 76.3 Å². The predicted octanol–water partition coefficient (Wildman–Crippen LogP) is 7.95. The molecule has 0 N–H and O–H groups in total. The monoisotopic (exact) mass is 363 g/mol. The van der Waals surface area contributed by atoms with Gasteiger partial charge in [0.15, 0.2) is 0 Å². The van der Waals surface area contributed by atoms with E-state index < -0.39 is 0 Å². The molecule has 146 valence electrons. The average molecular weight is 364 g/mol. The summed E-state index contributed by atoms with van der Waals surface area (Å²) in [7, 11) is 0. The molecular formula is C26H37N. The van der Waals surface area contributed by atoms with Gasteiger partial charge in [-0.25, -0.2) is 0 Å². The molecule has 1 aliphatic rings. The number of pyridine rings is 1. The van der Waals surface area contributed by atoms with Gasteiger partial charge in [0.2, 0.25) is 0 Å². The molecular weight excluding hydrogens is 326 g/mol. The molecule has 1 fully saturated rings. The molecule has 1 saturated carbocycles. The number of rotatable bonds is 9. The second-order valence-corrected chi connectivity index (χ2v) is 8.49. The minimum Gasteiger partial charge on any atom is -0.260 e. The quantitative estimate of drug-likeness (QED) is 0.412. The summed E-state index contributed by atoms with van der Waals surface area (Å²) in [5.41, 5.74) is 5.30. The first-order valence-electron chi connectivity index (χ1n) is 11.4. The molecule has 1 heteroatoms. The van der Waals surface area contributed by atoms with E-state index in [2.05, 4.69) is 56.4 Å². The Morgan fingerprint density at radius 3 is 2.15 bits per heavy atom. The Labute approximate surface area is 166 Å². The maximum Gasteiger partial charge on any atom is 0.0434 e. The van der Waals surface area contributed by atoms with Crippen LogP contribution in [0.4, 0.5) is 0 Å². The molecule has 0 radical (unpaired) electrons. The molecule has 0 spiro atoms. The zero-order valence-corrected chi connectivity index (χ0v) is 17.4. The molecule has 0 aliphatic heterocycles. The van der Waals surface area contributed by atoms with Crippen molar-refractivity contribution in [3.8, 4) is 11.1 Å². The molecule has 1 aliphatic carbocycles. The van der Waals surface area contributed by atoms with Crippen LogP contribution in [-0.2, 0) is 6.42 Å². The van der Waals surface area contributed by atoms with Crippen LogP contribution in [0.15, 0.2) is 42.6 Å². The number of hydrogen-bond acceptors (Lipinski definition) is 1. The van der Waals surface area contributed by atoms with Crippen molar-refractivity contribution in [2.24, 2.45) is 5.92 Å². The molecule has 1 aromatic heterocycles. The Morgan fingerprint density at radius 2 is 1.52 bits per heavy atom. The van der Waals surface area contributed by atoms with Gasteiger partial charge in [-0.3, -0.25) is 4.98 Å². The minimum atomic E-state index is 0.678. The third kappa shape index (κ3) is 5.92. The summed E-state index contributed by atoms with van der Waals surface area (Å²) in [6.45, 7) is 4.58. The van der Waals surface area contributed by atoms with E-state index >= 15 is 0 Å². The Morgan fingerprint density at radius 1 is 0.778 bits per heavy atom. The van der Waals surface area contributed by atoms with E-state index in [-0.39, 0.29) is 0 Å². The van der Waals surface area contributed by atoms with Gasteiger partial charge < -0.3 is 0 Å². The number of aromatic nitrogens is 1. The van der Waals surface area contributed by atoms with E-state index in [9.17, 15) is 0 Å². The highest BCUT2D eigenvalue weighted by Crippen LogP contribution is 2.37. The van der Waals surface area contributed by atoms with Crippen molar-refractivity contribution in [3.05, 3.63) is 53.9 Å². The molecule has 1 aromatic carbocycles. The summed E-state index contributed by atoms with van der Waals surface area (Å²) in [6.07, 6.45) is 16.8. The Kier molecular flexibility index (Phi) is 7.93. The number of unbranched alkanes of at least 4 members (excludes halogenated alkanes) is 3. The third-order valence-electron chi connectivity index (χ3n) is 6.35. The van der Waals surface area contributed by atoms with Gasteiger partial charge in [0.1, 0.15) is 0 Å². The summed E-state index contributed by atoms with van der Waals surface area (Å²) in [5, 5.41) is 0. The zero-order chi connectivity index (χ0) is 18.9. The van der Waals surface area contributed by atoms with E-state index in [0.29, 0.717) is 5.92 Å². The molecule has 3 rings (SSSR count). The molecule has 0 saturated heterocycles. The van der Waals surface area contributed by atoms with E-state index in [1.807, 2.05) is 0 Å². The highest BCUT2D eigenvalue weighted by atomic mass is 14.7. The molecule has 0 unspecified atom stereocenters. The maximum atomic E-state index is 4.84. The lowest BCUT2D eigenvalue weighted by molar-refractivity contribution is 0.305. The van der Waals surface area contributed by atoms with Crippen LogP contribution < -0.4 is 0 Å². The lowest BCUT2D eigenvalue weighted by Gasteiger charge is -2.28. The van der Waals surface area contributed by atoms with Crippen molar-refractivity contribution in [2.75, 3.05) is 0 Å².